The molecule has 0 radical (unpaired) electrons. The monoisotopic (exact) mass is 390 g/mol. The number of pyridine rings is 1. The van der Waals surface area contributed by atoms with Crippen molar-refractivity contribution in [1.29, 1.82) is 0 Å². The molecule has 0 atom stereocenters. The van der Waals surface area contributed by atoms with Gasteiger partial charge in [0, 0.05) is 50.4 Å². The number of fused-ring (bicyclic) bond motifs is 1. The topological polar surface area (TPSA) is 91.3 Å². The van der Waals surface area contributed by atoms with E-state index in [2.05, 4.69) is 20.3 Å². The van der Waals surface area contributed by atoms with E-state index >= 15 is 0 Å². The first-order valence-electron chi connectivity index (χ1n) is 9.52. The van der Waals surface area contributed by atoms with E-state index in [-0.39, 0.29) is 11.8 Å². The molecule has 1 aromatic carbocycles. The number of amides is 2. The van der Waals surface area contributed by atoms with Gasteiger partial charge in [0.25, 0.3) is 5.91 Å². The van der Waals surface area contributed by atoms with E-state index in [0.29, 0.717) is 43.5 Å². The Balaban J connectivity index is 1.56. The van der Waals surface area contributed by atoms with Crippen LogP contribution in [0.4, 0.5) is 11.6 Å². The van der Waals surface area contributed by atoms with Crippen LogP contribution < -0.4 is 5.32 Å². The van der Waals surface area contributed by atoms with Crippen molar-refractivity contribution in [3.63, 3.8) is 0 Å². The quantitative estimate of drug-likeness (QED) is 0.738. The lowest BCUT2D eigenvalue weighted by molar-refractivity contribution is -0.130. The van der Waals surface area contributed by atoms with E-state index in [1.807, 2.05) is 37.3 Å². The minimum atomic E-state index is -0.155. The number of carbonyl (C=O) groups excluding carboxylic acids is 2. The minimum Gasteiger partial charge on any atom is -0.339 e. The number of piperazine rings is 1. The maximum absolute atomic E-state index is 12.9. The van der Waals surface area contributed by atoms with E-state index in [9.17, 15) is 9.59 Å². The molecule has 8 heteroatoms. The van der Waals surface area contributed by atoms with Crippen LogP contribution in [0.25, 0.3) is 10.9 Å². The molecule has 0 unspecified atom stereocenters. The maximum Gasteiger partial charge on any atom is 0.272 e. The average molecular weight is 390 g/mol. The highest BCUT2D eigenvalue weighted by Gasteiger charge is 2.24. The van der Waals surface area contributed by atoms with Crippen LogP contribution in [0.5, 0.6) is 0 Å². The normalized spacial score (nSPS) is 14.1. The van der Waals surface area contributed by atoms with Crippen molar-refractivity contribution in [2.45, 2.75) is 13.8 Å². The largest absolute Gasteiger partial charge is 0.339 e. The molecule has 1 aliphatic rings. The molecular weight excluding hydrogens is 368 g/mol. The van der Waals surface area contributed by atoms with Crippen LogP contribution in [0.15, 0.2) is 42.6 Å². The number of nitrogens with one attached hydrogen (secondary N) is 1. The SMILES string of the molecule is CC(=O)N1CCN(C(=O)c2cc(C)nc(Nc3cccc4cccnc34)n2)CC1. The Morgan fingerprint density at radius 2 is 1.72 bits per heavy atom. The molecule has 29 heavy (non-hydrogen) atoms. The molecule has 2 amide bonds. The van der Waals surface area contributed by atoms with Gasteiger partial charge < -0.3 is 15.1 Å². The van der Waals surface area contributed by atoms with Gasteiger partial charge in [-0.25, -0.2) is 9.97 Å². The fourth-order valence-corrected chi connectivity index (χ4v) is 3.45. The first-order valence-corrected chi connectivity index (χ1v) is 9.52. The third-order valence-corrected chi connectivity index (χ3v) is 4.96. The second kappa shape index (κ2) is 7.83. The number of nitrogens with zero attached hydrogens (tertiary/aromatic N) is 5. The average Bonchev–Trinajstić information content (AvgIpc) is 2.73. The molecule has 0 aliphatic carbocycles. The zero-order valence-electron chi connectivity index (χ0n) is 16.4. The first kappa shape index (κ1) is 18.8. The number of aryl methyl sites for hydroxylation is 1. The predicted molar refractivity (Wildman–Crippen MR) is 110 cm³/mol. The number of aromatic nitrogens is 3. The van der Waals surface area contributed by atoms with Gasteiger partial charge in [-0.15, -0.1) is 0 Å². The van der Waals surface area contributed by atoms with Crippen LogP contribution in [0.1, 0.15) is 23.1 Å². The molecule has 148 valence electrons. The van der Waals surface area contributed by atoms with E-state index < -0.39 is 0 Å². The number of hydrogen-bond donors (Lipinski definition) is 1. The van der Waals surface area contributed by atoms with E-state index in [1.54, 1.807) is 29.0 Å². The number of rotatable bonds is 3. The first-order chi connectivity index (χ1) is 14.0. The zero-order chi connectivity index (χ0) is 20.4. The van der Waals surface area contributed by atoms with Crippen LogP contribution in [0.2, 0.25) is 0 Å². The fraction of sp³-hybridized carbons (Fsp3) is 0.286. The van der Waals surface area contributed by atoms with Gasteiger partial charge in [0.15, 0.2) is 0 Å². The third-order valence-electron chi connectivity index (χ3n) is 4.96. The minimum absolute atomic E-state index is 0.0326. The van der Waals surface area contributed by atoms with Crippen molar-refractivity contribution in [3.8, 4) is 0 Å². The molecule has 1 saturated heterocycles. The molecule has 3 heterocycles. The summed E-state index contributed by atoms with van der Waals surface area (Å²) in [6.45, 7) is 5.45. The van der Waals surface area contributed by atoms with Gasteiger partial charge in [0.05, 0.1) is 11.2 Å². The lowest BCUT2D eigenvalue weighted by Crippen LogP contribution is -2.50. The smallest absolute Gasteiger partial charge is 0.272 e. The Bertz CT molecular complexity index is 1070. The standard InChI is InChI=1S/C21H22N6O2/c1-14-13-18(20(29)27-11-9-26(10-12-27)15(2)28)25-21(23-14)24-17-7-3-5-16-6-4-8-22-19(16)17/h3-8,13H,9-12H2,1-2H3,(H,23,24,25). The maximum atomic E-state index is 12.9. The Kier molecular flexibility index (Phi) is 5.07. The molecule has 0 spiro atoms. The van der Waals surface area contributed by atoms with Gasteiger partial charge >= 0.3 is 0 Å². The number of carbonyl (C=O) groups is 2. The van der Waals surface area contributed by atoms with Crippen molar-refractivity contribution in [3.05, 3.63) is 54.0 Å². The van der Waals surface area contributed by atoms with Crippen molar-refractivity contribution in [1.82, 2.24) is 24.8 Å². The fourth-order valence-electron chi connectivity index (χ4n) is 3.45. The van der Waals surface area contributed by atoms with Crippen LogP contribution >= 0.6 is 0 Å². The van der Waals surface area contributed by atoms with Gasteiger partial charge in [0.1, 0.15) is 5.69 Å². The van der Waals surface area contributed by atoms with Crippen molar-refractivity contribution in [2.75, 3.05) is 31.5 Å². The van der Waals surface area contributed by atoms with Gasteiger partial charge in [-0.3, -0.25) is 14.6 Å². The highest BCUT2D eigenvalue weighted by Crippen LogP contribution is 2.23. The van der Waals surface area contributed by atoms with Gasteiger partial charge in [-0.05, 0) is 25.1 Å². The summed E-state index contributed by atoms with van der Waals surface area (Å²) in [7, 11) is 0. The number of para-hydroxylation sites is 1. The molecule has 4 rings (SSSR count). The van der Waals surface area contributed by atoms with Crippen LogP contribution in [0.3, 0.4) is 0 Å². The highest BCUT2D eigenvalue weighted by molar-refractivity contribution is 5.94. The van der Waals surface area contributed by atoms with E-state index in [4.69, 9.17) is 0 Å². The zero-order valence-corrected chi connectivity index (χ0v) is 16.4. The van der Waals surface area contributed by atoms with Crippen molar-refractivity contribution in [2.24, 2.45) is 0 Å². The predicted octanol–water partition coefficient (Wildman–Crippen LogP) is 2.38. The summed E-state index contributed by atoms with van der Waals surface area (Å²) >= 11 is 0. The van der Waals surface area contributed by atoms with E-state index in [1.165, 1.54) is 0 Å². The lowest BCUT2D eigenvalue weighted by Gasteiger charge is -2.34. The molecule has 1 aliphatic heterocycles. The Morgan fingerprint density at radius 3 is 2.48 bits per heavy atom. The third kappa shape index (κ3) is 4.01. The van der Waals surface area contributed by atoms with Crippen LogP contribution in [0, 0.1) is 6.92 Å². The summed E-state index contributed by atoms with van der Waals surface area (Å²) in [5.41, 5.74) is 2.63. The van der Waals surface area contributed by atoms with Crippen molar-refractivity contribution >= 4 is 34.4 Å². The second-order valence-corrected chi connectivity index (χ2v) is 7.02. The lowest BCUT2D eigenvalue weighted by atomic mass is 10.2. The molecule has 1 N–H and O–H groups in total. The van der Waals surface area contributed by atoms with Gasteiger partial charge in [-0.2, -0.15) is 0 Å². The summed E-state index contributed by atoms with van der Waals surface area (Å²) < 4.78 is 0. The summed E-state index contributed by atoms with van der Waals surface area (Å²) in [4.78, 5) is 41.2. The van der Waals surface area contributed by atoms with Crippen LogP contribution in [-0.2, 0) is 4.79 Å². The summed E-state index contributed by atoms with van der Waals surface area (Å²) in [5, 5.41) is 4.20. The highest BCUT2D eigenvalue weighted by atomic mass is 16.2. The Hall–Kier alpha value is -3.55. The molecular formula is C21H22N6O2. The molecule has 8 nitrogen and oxygen atoms in total. The molecule has 0 bridgehead atoms. The van der Waals surface area contributed by atoms with Gasteiger partial charge in [0.2, 0.25) is 11.9 Å². The van der Waals surface area contributed by atoms with Gasteiger partial charge in [-0.1, -0.05) is 18.2 Å². The molecule has 2 aromatic heterocycles. The van der Waals surface area contributed by atoms with Crippen LogP contribution in [-0.4, -0.2) is 62.7 Å². The second-order valence-electron chi connectivity index (χ2n) is 7.02. The molecule has 1 fully saturated rings. The summed E-state index contributed by atoms with van der Waals surface area (Å²) in [5.74, 6) is 0.233. The number of anilines is 2. The summed E-state index contributed by atoms with van der Waals surface area (Å²) in [6, 6.07) is 11.4. The number of benzene rings is 1. The van der Waals surface area contributed by atoms with E-state index in [0.717, 1.165) is 16.6 Å². The molecule has 3 aromatic rings. The Labute approximate surface area is 168 Å². The summed E-state index contributed by atoms with van der Waals surface area (Å²) in [6.07, 6.45) is 1.74. The Morgan fingerprint density at radius 1 is 1.00 bits per heavy atom. The number of hydrogen-bond acceptors (Lipinski definition) is 6. The molecule has 0 saturated carbocycles. The van der Waals surface area contributed by atoms with Crippen molar-refractivity contribution < 1.29 is 9.59 Å².